The van der Waals surface area contributed by atoms with E-state index in [0.717, 1.165) is 22.2 Å². The van der Waals surface area contributed by atoms with Gasteiger partial charge in [0.1, 0.15) is 4.83 Å². The summed E-state index contributed by atoms with van der Waals surface area (Å²) in [6, 6.07) is 5.92. The number of aryl methyl sites for hydroxylation is 1. The molecule has 2 rings (SSSR count). The van der Waals surface area contributed by atoms with Crippen LogP contribution in [0, 0.1) is 0 Å². The van der Waals surface area contributed by atoms with Crippen molar-refractivity contribution >= 4 is 32.8 Å². The van der Waals surface area contributed by atoms with Crippen molar-refractivity contribution in [1.29, 1.82) is 0 Å². The number of hydrogen-bond donors (Lipinski definition) is 0. The number of carbonyl (C=O) groups excluding carboxylic acids is 1. The summed E-state index contributed by atoms with van der Waals surface area (Å²) in [5, 5.41) is 5.68. The third-order valence-corrected chi connectivity index (χ3v) is 4.25. The normalized spacial score (nSPS) is 13.4. The molecule has 1 aromatic heterocycles. The number of benzene rings is 1. The molecule has 114 valence electrons. The summed E-state index contributed by atoms with van der Waals surface area (Å²) < 4.78 is 6.99. The molecule has 1 aromatic carbocycles. The van der Waals surface area contributed by atoms with E-state index >= 15 is 0 Å². The van der Waals surface area contributed by atoms with Crippen LogP contribution in [0.5, 0.6) is 0 Å². The summed E-state index contributed by atoms with van der Waals surface area (Å²) in [5.74, 6) is -0.270. The van der Waals surface area contributed by atoms with Gasteiger partial charge in [-0.25, -0.2) is 0 Å². The van der Waals surface area contributed by atoms with Crippen molar-refractivity contribution in [2.75, 3.05) is 6.61 Å². The summed E-state index contributed by atoms with van der Waals surface area (Å²) in [7, 11) is 1.93. The molecule has 0 spiro atoms. The number of aromatic nitrogens is 2. The Morgan fingerprint density at radius 1 is 1.43 bits per heavy atom. The first-order chi connectivity index (χ1) is 9.77. The minimum atomic E-state index is -0.480. The van der Waals surface area contributed by atoms with E-state index in [1.165, 1.54) is 0 Å². The summed E-state index contributed by atoms with van der Waals surface area (Å²) in [6.45, 7) is 8.55. The van der Waals surface area contributed by atoms with Gasteiger partial charge in [-0.05, 0) is 18.6 Å². The first kappa shape index (κ1) is 16.0. The van der Waals surface area contributed by atoms with Crippen molar-refractivity contribution in [3.05, 3.63) is 29.5 Å². The van der Waals surface area contributed by atoms with E-state index in [9.17, 15) is 4.79 Å². The first-order valence-electron chi connectivity index (χ1n) is 7.04. The van der Waals surface area contributed by atoms with E-state index in [2.05, 4.69) is 41.8 Å². The summed E-state index contributed by atoms with van der Waals surface area (Å²) in [4.78, 5) is 11.6. The summed E-state index contributed by atoms with van der Waals surface area (Å²) in [6.07, 6.45) is 0. The molecule has 0 amide bonds. The van der Waals surface area contributed by atoms with Crippen molar-refractivity contribution in [3.8, 4) is 0 Å². The lowest BCUT2D eigenvalue weighted by molar-refractivity contribution is -0.142. The fraction of sp³-hybridized carbons (Fsp3) is 0.500. The van der Waals surface area contributed by atoms with Gasteiger partial charge in [-0.2, -0.15) is 5.10 Å². The number of carbonyl (C=O) groups is 1. The lowest BCUT2D eigenvalue weighted by atomic mass is 9.88. The molecule has 4 nitrogen and oxygen atoms in total. The average molecular weight is 353 g/mol. The maximum atomic E-state index is 12.1. The zero-order valence-electron chi connectivity index (χ0n) is 13.1. The van der Waals surface area contributed by atoms with E-state index in [4.69, 9.17) is 4.74 Å². The van der Waals surface area contributed by atoms with Gasteiger partial charge in [-0.1, -0.05) is 48.8 Å². The number of halogens is 1. The SMILES string of the molecule is CCOC(=O)C(Br)c1cccc2c1c(C(C)(C)C)nn2C. The second-order valence-corrected chi connectivity index (χ2v) is 6.99. The molecule has 0 aliphatic heterocycles. The van der Waals surface area contributed by atoms with Gasteiger partial charge in [0.2, 0.25) is 0 Å². The molecule has 1 atom stereocenters. The average Bonchev–Trinajstić information content (AvgIpc) is 2.76. The van der Waals surface area contributed by atoms with Crippen LogP contribution in [-0.2, 0) is 22.0 Å². The van der Waals surface area contributed by atoms with Crippen molar-refractivity contribution in [2.45, 2.75) is 37.9 Å². The van der Waals surface area contributed by atoms with E-state index in [-0.39, 0.29) is 11.4 Å². The molecule has 0 saturated heterocycles. The van der Waals surface area contributed by atoms with E-state index < -0.39 is 4.83 Å². The molecular weight excluding hydrogens is 332 g/mol. The Bertz CT molecular complexity index is 671. The van der Waals surface area contributed by atoms with Crippen LogP contribution in [0.4, 0.5) is 0 Å². The summed E-state index contributed by atoms with van der Waals surface area (Å²) in [5.41, 5.74) is 2.82. The van der Waals surface area contributed by atoms with Crippen LogP contribution in [0.2, 0.25) is 0 Å². The highest BCUT2D eigenvalue weighted by Gasteiger charge is 2.28. The Labute approximate surface area is 133 Å². The molecule has 0 saturated carbocycles. The molecule has 5 heteroatoms. The van der Waals surface area contributed by atoms with Crippen LogP contribution in [-0.4, -0.2) is 22.4 Å². The number of nitrogens with zero attached hydrogens (tertiary/aromatic N) is 2. The van der Waals surface area contributed by atoms with Gasteiger partial charge in [0.25, 0.3) is 0 Å². The predicted octanol–water partition coefficient (Wildman–Crippen LogP) is 3.87. The molecule has 0 bridgehead atoms. The van der Waals surface area contributed by atoms with E-state index in [1.54, 1.807) is 0 Å². The molecular formula is C16H21BrN2O2. The Morgan fingerprint density at radius 3 is 2.67 bits per heavy atom. The highest BCUT2D eigenvalue weighted by molar-refractivity contribution is 9.09. The monoisotopic (exact) mass is 352 g/mol. The van der Waals surface area contributed by atoms with Crippen molar-refractivity contribution in [3.63, 3.8) is 0 Å². The first-order valence-corrected chi connectivity index (χ1v) is 7.95. The third-order valence-electron chi connectivity index (χ3n) is 3.39. The molecule has 21 heavy (non-hydrogen) atoms. The smallest absolute Gasteiger partial charge is 0.324 e. The fourth-order valence-corrected chi connectivity index (χ4v) is 2.93. The highest BCUT2D eigenvalue weighted by atomic mass is 79.9. The van der Waals surface area contributed by atoms with Crippen LogP contribution < -0.4 is 0 Å². The van der Waals surface area contributed by atoms with Crippen LogP contribution in [0.15, 0.2) is 18.2 Å². The lowest BCUT2D eigenvalue weighted by Gasteiger charge is -2.18. The Balaban J connectivity index is 2.67. The van der Waals surface area contributed by atoms with Crippen molar-refractivity contribution < 1.29 is 9.53 Å². The van der Waals surface area contributed by atoms with E-state index in [1.807, 2.05) is 36.9 Å². The van der Waals surface area contributed by atoms with Gasteiger partial charge in [0.15, 0.2) is 0 Å². The maximum Gasteiger partial charge on any atom is 0.324 e. The lowest BCUT2D eigenvalue weighted by Crippen LogP contribution is -2.15. The second kappa shape index (κ2) is 5.79. The van der Waals surface area contributed by atoms with Gasteiger partial charge in [-0.15, -0.1) is 0 Å². The van der Waals surface area contributed by atoms with Crippen LogP contribution in [0.3, 0.4) is 0 Å². The number of fused-ring (bicyclic) bond motifs is 1. The van der Waals surface area contributed by atoms with Crippen molar-refractivity contribution in [2.24, 2.45) is 7.05 Å². The van der Waals surface area contributed by atoms with E-state index in [0.29, 0.717) is 6.61 Å². The zero-order chi connectivity index (χ0) is 15.8. The largest absolute Gasteiger partial charge is 0.465 e. The van der Waals surface area contributed by atoms with Gasteiger partial charge >= 0.3 is 5.97 Å². The van der Waals surface area contributed by atoms with Crippen LogP contribution in [0.1, 0.15) is 43.8 Å². The molecule has 0 aliphatic carbocycles. The number of ether oxygens (including phenoxy) is 1. The minimum absolute atomic E-state index is 0.100. The fourth-order valence-electron chi connectivity index (χ4n) is 2.42. The Kier molecular flexibility index (Phi) is 4.42. The predicted molar refractivity (Wildman–Crippen MR) is 87.7 cm³/mol. The Hall–Kier alpha value is -1.36. The van der Waals surface area contributed by atoms with Gasteiger partial charge in [-0.3, -0.25) is 9.48 Å². The highest BCUT2D eigenvalue weighted by Crippen LogP contribution is 2.37. The van der Waals surface area contributed by atoms with Gasteiger partial charge < -0.3 is 4.74 Å². The number of esters is 1. The zero-order valence-corrected chi connectivity index (χ0v) is 14.7. The molecule has 2 aromatic rings. The molecule has 1 heterocycles. The Morgan fingerprint density at radius 2 is 2.10 bits per heavy atom. The molecule has 0 fully saturated rings. The standard InChI is InChI=1S/C16H21BrN2O2/c1-6-21-15(20)13(17)10-8-7-9-11-12(10)14(16(2,3)4)18-19(11)5/h7-9,13H,6H2,1-5H3. The quantitative estimate of drug-likeness (QED) is 0.622. The molecule has 0 aliphatic rings. The molecule has 0 radical (unpaired) electrons. The third kappa shape index (κ3) is 2.98. The summed E-state index contributed by atoms with van der Waals surface area (Å²) >= 11 is 3.47. The topological polar surface area (TPSA) is 44.1 Å². The number of alkyl halides is 1. The van der Waals surface area contributed by atoms with Gasteiger partial charge in [0.05, 0.1) is 17.8 Å². The molecule has 1 unspecified atom stereocenters. The van der Waals surface area contributed by atoms with Gasteiger partial charge in [0, 0.05) is 17.8 Å². The van der Waals surface area contributed by atoms with Crippen molar-refractivity contribution in [1.82, 2.24) is 9.78 Å². The number of hydrogen-bond acceptors (Lipinski definition) is 3. The number of rotatable bonds is 3. The van der Waals surface area contributed by atoms with Crippen LogP contribution in [0.25, 0.3) is 10.9 Å². The van der Waals surface area contributed by atoms with Crippen LogP contribution >= 0.6 is 15.9 Å². The second-order valence-electron chi connectivity index (χ2n) is 6.08. The molecule has 0 N–H and O–H groups in total. The minimum Gasteiger partial charge on any atom is -0.465 e. The maximum absolute atomic E-state index is 12.1.